The van der Waals surface area contributed by atoms with Crippen LogP contribution >= 0.6 is 0 Å². The van der Waals surface area contributed by atoms with Crippen molar-refractivity contribution in [2.75, 3.05) is 5.32 Å². The number of amides is 2. The van der Waals surface area contributed by atoms with Gasteiger partial charge >= 0.3 is 6.03 Å². The molecule has 1 aromatic heterocycles. The third kappa shape index (κ3) is 2.85. The van der Waals surface area contributed by atoms with Gasteiger partial charge in [-0.2, -0.15) is 0 Å². The Balaban J connectivity index is 1.49. The Morgan fingerprint density at radius 1 is 1.17 bits per heavy atom. The molecule has 1 aliphatic carbocycles. The lowest BCUT2D eigenvalue weighted by Gasteiger charge is -2.23. The normalized spacial score (nSPS) is 16.6. The Bertz CT molecular complexity index is 888. The molecule has 1 atom stereocenters. The van der Waals surface area contributed by atoms with E-state index in [9.17, 15) is 9.18 Å². The van der Waals surface area contributed by atoms with Crippen LogP contribution in [0.25, 0.3) is 10.9 Å². The monoisotopic (exact) mass is 323 g/mol. The number of hydrogen-bond acceptors (Lipinski definition) is 1. The highest BCUT2D eigenvalue weighted by Gasteiger charge is 2.23. The standard InChI is InChI=1S/C19H18FN3O/c20-12-6-8-17-15(10-12)16-11-14(7-9-18(16)23-17)22-19(24)21-13-4-2-1-3-5-13/h1-6,8,10,14,23H,7,9,11H2,(H2,21,22,24). The zero-order chi connectivity index (χ0) is 16.5. The molecule has 4 nitrogen and oxygen atoms in total. The quantitative estimate of drug-likeness (QED) is 0.656. The summed E-state index contributed by atoms with van der Waals surface area (Å²) in [5, 5.41) is 6.77. The van der Waals surface area contributed by atoms with E-state index in [2.05, 4.69) is 15.6 Å². The molecule has 122 valence electrons. The number of aryl methyl sites for hydroxylation is 1. The van der Waals surface area contributed by atoms with Gasteiger partial charge in [-0.1, -0.05) is 18.2 Å². The fourth-order valence-electron chi connectivity index (χ4n) is 3.39. The third-order valence-electron chi connectivity index (χ3n) is 4.52. The average Bonchev–Trinajstić information content (AvgIpc) is 2.93. The SMILES string of the molecule is O=C(Nc1ccccc1)NC1CCc2[nH]c3ccc(F)cc3c2C1. The smallest absolute Gasteiger partial charge is 0.319 e. The van der Waals surface area contributed by atoms with Crippen molar-refractivity contribution >= 4 is 22.6 Å². The van der Waals surface area contributed by atoms with E-state index in [-0.39, 0.29) is 17.9 Å². The second-order valence-electron chi connectivity index (χ2n) is 6.18. The van der Waals surface area contributed by atoms with E-state index >= 15 is 0 Å². The first-order chi connectivity index (χ1) is 11.7. The number of fused-ring (bicyclic) bond motifs is 3. The van der Waals surface area contributed by atoms with Gasteiger partial charge in [0.15, 0.2) is 0 Å². The number of carbonyl (C=O) groups is 1. The van der Waals surface area contributed by atoms with Crippen LogP contribution < -0.4 is 10.6 Å². The second-order valence-corrected chi connectivity index (χ2v) is 6.18. The van der Waals surface area contributed by atoms with Crippen molar-refractivity contribution in [3.63, 3.8) is 0 Å². The number of para-hydroxylation sites is 1. The molecule has 0 radical (unpaired) electrons. The summed E-state index contributed by atoms with van der Waals surface area (Å²) >= 11 is 0. The number of benzene rings is 2. The Labute approximate surface area is 139 Å². The van der Waals surface area contributed by atoms with Crippen LogP contribution in [0, 0.1) is 5.82 Å². The Hall–Kier alpha value is -2.82. The first kappa shape index (κ1) is 14.8. The van der Waals surface area contributed by atoms with Gasteiger partial charge in [-0.25, -0.2) is 9.18 Å². The number of H-pyrrole nitrogens is 1. The lowest BCUT2D eigenvalue weighted by Crippen LogP contribution is -2.41. The van der Waals surface area contributed by atoms with Crippen LogP contribution in [0.3, 0.4) is 0 Å². The summed E-state index contributed by atoms with van der Waals surface area (Å²) in [6.45, 7) is 0. The van der Waals surface area contributed by atoms with Crippen LogP contribution in [-0.2, 0) is 12.8 Å². The number of halogens is 1. The first-order valence-electron chi connectivity index (χ1n) is 8.10. The van der Waals surface area contributed by atoms with E-state index in [1.807, 2.05) is 30.3 Å². The molecule has 1 aliphatic rings. The van der Waals surface area contributed by atoms with Crippen LogP contribution in [0.2, 0.25) is 0 Å². The summed E-state index contributed by atoms with van der Waals surface area (Å²) in [5.41, 5.74) is 3.98. The molecule has 3 N–H and O–H groups in total. The highest BCUT2D eigenvalue weighted by molar-refractivity contribution is 5.89. The molecule has 0 spiro atoms. The molecular formula is C19H18FN3O. The lowest BCUT2D eigenvalue weighted by molar-refractivity contribution is 0.247. The van der Waals surface area contributed by atoms with Crippen molar-refractivity contribution in [2.45, 2.75) is 25.3 Å². The number of aromatic amines is 1. The predicted octanol–water partition coefficient (Wildman–Crippen LogP) is 3.99. The number of urea groups is 1. The van der Waals surface area contributed by atoms with Gasteiger partial charge < -0.3 is 15.6 Å². The molecule has 1 unspecified atom stereocenters. The van der Waals surface area contributed by atoms with E-state index in [0.29, 0.717) is 6.42 Å². The van der Waals surface area contributed by atoms with Gasteiger partial charge in [0.25, 0.3) is 0 Å². The van der Waals surface area contributed by atoms with E-state index in [0.717, 1.165) is 40.7 Å². The minimum atomic E-state index is -0.235. The minimum absolute atomic E-state index is 0.0449. The summed E-state index contributed by atoms with van der Waals surface area (Å²) < 4.78 is 13.5. The third-order valence-corrected chi connectivity index (χ3v) is 4.52. The van der Waals surface area contributed by atoms with Crippen LogP contribution in [0.5, 0.6) is 0 Å². The number of aromatic nitrogens is 1. The van der Waals surface area contributed by atoms with Gasteiger partial charge in [0.05, 0.1) is 0 Å². The molecule has 0 fully saturated rings. The summed E-state index contributed by atoms with van der Waals surface area (Å²) in [7, 11) is 0. The largest absolute Gasteiger partial charge is 0.358 e. The number of nitrogens with one attached hydrogen (secondary N) is 3. The maximum Gasteiger partial charge on any atom is 0.319 e. The van der Waals surface area contributed by atoms with Gasteiger partial charge in [-0.3, -0.25) is 0 Å². The number of carbonyl (C=O) groups excluding carboxylic acids is 1. The fraction of sp³-hybridized carbons (Fsp3) is 0.211. The second kappa shape index (κ2) is 6.00. The topological polar surface area (TPSA) is 56.9 Å². The minimum Gasteiger partial charge on any atom is -0.358 e. The van der Waals surface area contributed by atoms with E-state index in [1.54, 1.807) is 12.1 Å². The van der Waals surface area contributed by atoms with Crippen molar-refractivity contribution in [3.8, 4) is 0 Å². The highest BCUT2D eigenvalue weighted by Crippen LogP contribution is 2.29. The molecule has 0 aliphatic heterocycles. The predicted molar refractivity (Wildman–Crippen MR) is 92.7 cm³/mol. The van der Waals surface area contributed by atoms with Crippen LogP contribution in [-0.4, -0.2) is 17.1 Å². The number of hydrogen-bond donors (Lipinski definition) is 3. The average molecular weight is 323 g/mol. The summed E-state index contributed by atoms with van der Waals surface area (Å²) in [5.74, 6) is -0.235. The Morgan fingerprint density at radius 2 is 2.00 bits per heavy atom. The van der Waals surface area contributed by atoms with Crippen LogP contribution in [0.15, 0.2) is 48.5 Å². The molecule has 4 rings (SSSR count). The van der Waals surface area contributed by atoms with Gasteiger partial charge in [-0.15, -0.1) is 0 Å². The van der Waals surface area contributed by atoms with Gasteiger partial charge in [0.1, 0.15) is 5.82 Å². The Kier molecular flexibility index (Phi) is 3.69. The fourth-order valence-corrected chi connectivity index (χ4v) is 3.39. The first-order valence-corrected chi connectivity index (χ1v) is 8.10. The van der Waals surface area contributed by atoms with Crippen LogP contribution in [0.4, 0.5) is 14.9 Å². The van der Waals surface area contributed by atoms with E-state index in [1.165, 1.54) is 6.07 Å². The molecule has 0 saturated heterocycles. The highest BCUT2D eigenvalue weighted by atomic mass is 19.1. The van der Waals surface area contributed by atoms with Gasteiger partial charge in [0, 0.05) is 28.3 Å². The summed E-state index contributed by atoms with van der Waals surface area (Å²) in [4.78, 5) is 15.5. The molecule has 2 aromatic carbocycles. The van der Waals surface area contributed by atoms with Gasteiger partial charge in [-0.05, 0) is 55.2 Å². The molecular weight excluding hydrogens is 305 g/mol. The summed E-state index contributed by atoms with van der Waals surface area (Å²) in [6, 6.07) is 14.0. The lowest BCUT2D eigenvalue weighted by atomic mass is 9.91. The van der Waals surface area contributed by atoms with Gasteiger partial charge in [0.2, 0.25) is 0 Å². The van der Waals surface area contributed by atoms with Crippen molar-refractivity contribution in [1.29, 1.82) is 0 Å². The van der Waals surface area contributed by atoms with E-state index in [4.69, 9.17) is 0 Å². The maximum atomic E-state index is 13.5. The van der Waals surface area contributed by atoms with Crippen LogP contribution in [0.1, 0.15) is 17.7 Å². The van der Waals surface area contributed by atoms with E-state index < -0.39 is 0 Å². The molecule has 2 amide bonds. The molecule has 3 aromatic rings. The van der Waals surface area contributed by atoms with Crippen molar-refractivity contribution < 1.29 is 9.18 Å². The number of rotatable bonds is 2. The molecule has 24 heavy (non-hydrogen) atoms. The maximum absolute atomic E-state index is 13.5. The molecule has 1 heterocycles. The Morgan fingerprint density at radius 3 is 2.83 bits per heavy atom. The molecule has 0 saturated carbocycles. The zero-order valence-electron chi connectivity index (χ0n) is 13.1. The number of anilines is 1. The zero-order valence-corrected chi connectivity index (χ0v) is 13.1. The molecule has 5 heteroatoms. The van der Waals surface area contributed by atoms with Crippen molar-refractivity contribution in [3.05, 3.63) is 65.6 Å². The van der Waals surface area contributed by atoms with Crippen molar-refractivity contribution in [2.24, 2.45) is 0 Å². The molecule has 0 bridgehead atoms. The van der Waals surface area contributed by atoms with Crippen molar-refractivity contribution in [1.82, 2.24) is 10.3 Å². The summed E-state index contributed by atoms with van der Waals surface area (Å²) in [6.07, 6.45) is 2.42.